The van der Waals surface area contributed by atoms with Crippen LogP contribution < -0.4 is 19.5 Å². The zero-order valence-electron chi connectivity index (χ0n) is 14.1. The van der Waals surface area contributed by atoms with Crippen molar-refractivity contribution in [2.45, 2.75) is 12.6 Å². The number of hydrogen-bond donors (Lipinski definition) is 2. The minimum absolute atomic E-state index is 0. The Kier molecular flexibility index (Phi) is 8.40. The summed E-state index contributed by atoms with van der Waals surface area (Å²) in [6, 6.07) is 13.2. The molecule has 24 heavy (non-hydrogen) atoms. The standard InChI is InChI=1S/C18H23NO4.ClH/c1-21-16-10-18(23-3)17(22-2)9-14(16)11-19-12-15(20)13-7-5-4-6-8-13;/h4-10,15,19-20H,11-12H2,1-3H3;1H. The maximum Gasteiger partial charge on any atom is 0.164 e. The zero-order chi connectivity index (χ0) is 16.7. The van der Waals surface area contributed by atoms with Crippen LogP contribution in [-0.4, -0.2) is 33.0 Å². The van der Waals surface area contributed by atoms with Gasteiger partial charge in [-0.2, -0.15) is 0 Å². The van der Waals surface area contributed by atoms with E-state index < -0.39 is 6.10 Å². The Morgan fingerprint density at radius 2 is 1.50 bits per heavy atom. The number of hydrogen-bond acceptors (Lipinski definition) is 5. The normalized spacial score (nSPS) is 11.3. The van der Waals surface area contributed by atoms with Crippen LogP contribution in [0, 0.1) is 0 Å². The van der Waals surface area contributed by atoms with Crippen molar-refractivity contribution >= 4 is 12.4 Å². The molecule has 1 unspecified atom stereocenters. The molecule has 2 aromatic carbocycles. The fourth-order valence-electron chi connectivity index (χ4n) is 2.37. The van der Waals surface area contributed by atoms with Gasteiger partial charge >= 0.3 is 0 Å². The van der Waals surface area contributed by atoms with Crippen LogP contribution >= 0.6 is 12.4 Å². The molecule has 0 spiro atoms. The Morgan fingerprint density at radius 1 is 0.917 bits per heavy atom. The number of rotatable bonds is 8. The predicted molar refractivity (Wildman–Crippen MR) is 96.5 cm³/mol. The van der Waals surface area contributed by atoms with Crippen LogP contribution in [-0.2, 0) is 6.54 Å². The highest BCUT2D eigenvalue weighted by molar-refractivity contribution is 5.85. The lowest BCUT2D eigenvalue weighted by atomic mass is 10.1. The number of halogens is 1. The predicted octanol–water partition coefficient (Wildman–Crippen LogP) is 2.96. The van der Waals surface area contributed by atoms with E-state index in [0.717, 1.165) is 11.1 Å². The van der Waals surface area contributed by atoms with Crippen LogP contribution in [0.3, 0.4) is 0 Å². The molecule has 1 atom stereocenters. The Balaban J connectivity index is 0.00000288. The van der Waals surface area contributed by atoms with E-state index in [0.29, 0.717) is 30.3 Å². The lowest BCUT2D eigenvalue weighted by Gasteiger charge is -2.16. The van der Waals surface area contributed by atoms with E-state index in [9.17, 15) is 5.11 Å². The summed E-state index contributed by atoms with van der Waals surface area (Å²) in [6.45, 7) is 0.995. The van der Waals surface area contributed by atoms with E-state index in [-0.39, 0.29) is 12.4 Å². The quantitative estimate of drug-likeness (QED) is 0.764. The third-order valence-corrected chi connectivity index (χ3v) is 3.62. The Bertz CT molecular complexity index is 622. The number of aliphatic hydroxyl groups excluding tert-OH is 1. The number of benzene rings is 2. The molecule has 0 aromatic heterocycles. The summed E-state index contributed by atoms with van der Waals surface area (Å²) in [5.74, 6) is 1.98. The number of ether oxygens (including phenoxy) is 3. The number of methoxy groups -OCH3 is 3. The first-order valence-electron chi connectivity index (χ1n) is 7.42. The second kappa shape index (κ2) is 10.0. The van der Waals surface area contributed by atoms with Crippen molar-refractivity contribution in [2.24, 2.45) is 0 Å². The summed E-state index contributed by atoms with van der Waals surface area (Å²) in [5.41, 5.74) is 1.82. The molecule has 2 N–H and O–H groups in total. The second-order valence-corrected chi connectivity index (χ2v) is 5.08. The first-order chi connectivity index (χ1) is 11.2. The fourth-order valence-corrected chi connectivity index (χ4v) is 2.37. The molecule has 2 rings (SSSR count). The van der Waals surface area contributed by atoms with Crippen molar-refractivity contribution in [1.29, 1.82) is 0 Å². The molecule has 2 aromatic rings. The summed E-state index contributed by atoms with van der Waals surface area (Å²) in [4.78, 5) is 0. The highest BCUT2D eigenvalue weighted by Gasteiger charge is 2.12. The van der Waals surface area contributed by atoms with E-state index in [1.54, 1.807) is 27.4 Å². The molecule has 6 heteroatoms. The van der Waals surface area contributed by atoms with Gasteiger partial charge in [-0.05, 0) is 11.6 Å². The number of aliphatic hydroxyl groups is 1. The summed E-state index contributed by atoms with van der Waals surface area (Å²) in [6.07, 6.45) is -0.553. The summed E-state index contributed by atoms with van der Waals surface area (Å²) < 4.78 is 16.0. The fraction of sp³-hybridized carbons (Fsp3) is 0.333. The average molecular weight is 354 g/mol. The van der Waals surface area contributed by atoms with Gasteiger partial charge in [-0.1, -0.05) is 30.3 Å². The topological polar surface area (TPSA) is 60.0 Å². The molecule has 0 radical (unpaired) electrons. The van der Waals surface area contributed by atoms with Crippen LogP contribution in [0.4, 0.5) is 0 Å². The van der Waals surface area contributed by atoms with E-state index in [1.165, 1.54) is 0 Å². The van der Waals surface area contributed by atoms with E-state index in [2.05, 4.69) is 5.32 Å². The smallest absolute Gasteiger partial charge is 0.164 e. The molecule has 0 heterocycles. The molecule has 0 aliphatic carbocycles. The molecule has 0 bridgehead atoms. The SMILES string of the molecule is COc1cc(OC)c(OC)cc1CNCC(O)c1ccccc1.Cl. The molecule has 0 aliphatic rings. The molecule has 132 valence electrons. The van der Waals surface area contributed by atoms with Crippen molar-refractivity contribution in [3.05, 3.63) is 53.6 Å². The van der Waals surface area contributed by atoms with Gasteiger partial charge in [-0.3, -0.25) is 0 Å². The Hall–Kier alpha value is -1.95. The lowest BCUT2D eigenvalue weighted by molar-refractivity contribution is 0.174. The number of nitrogens with one attached hydrogen (secondary N) is 1. The van der Waals surface area contributed by atoms with E-state index in [1.807, 2.05) is 36.4 Å². The van der Waals surface area contributed by atoms with Crippen LogP contribution in [0.1, 0.15) is 17.2 Å². The second-order valence-electron chi connectivity index (χ2n) is 5.08. The van der Waals surface area contributed by atoms with Crippen molar-refractivity contribution in [3.8, 4) is 17.2 Å². The molecular weight excluding hydrogens is 330 g/mol. The van der Waals surface area contributed by atoms with Gasteiger partial charge in [0.25, 0.3) is 0 Å². The highest BCUT2D eigenvalue weighted by Crippen LogP contribution is 2.34. The summed E-state index contributed by atoms with van der Waals surface area (Å²) in [5, 5.41) is 13.4. The third kappa shape index (κ3) is 5.03. The minimum Gasteiger partial charge on any atom is -0.496 e. The van der Waals surface area contributed by atoms with Gasteiger partial charge in [0.05, 0.1) is 27.4 Å². The maximum atomic E-state index is 10.2. The van der Waals surface area contributed by atoms with Crippen molar-refractivity contribution in [1.82, 2.24) is 5.32 Å². The first kappa shape index (κ1) is 20.1. The largest absolute Gasteiger partial charge is 0.496 e. The van der Waals surface area contributed by atoms with Gasteiger partial charge in [-0.25, -0.2) is 0 Å². The minimum atomic E-state index is -0.553. The van der Waals surface area contributed by atoms with E-state index in [4.69, 9.17) is 14.2 Å². The molecule has 0 amide bonds. The molecule has 0 fully saturated rings. The molecule has 0 aliphatic heterocycles. The van der Waals surface area contributed by atoms with Crippen LogP contribution in [0.2, 0.25) is 0 Å². The first-order valence-corrected chi connectivity index (χ1v) is 7.42. The van der Waals surface area contributed by atoms with Gasteiger partial charge in [0.15, 0.2) is 11.5 Å². The van der Waals surface area contributed by atoms with Crippen LogP contribution in [0.25, 0.3) is 0 Å². The zero-order valence-corrected chi connectivity index (χ0v) is 14.9. The highest BCUT2D eigenvalue weighted by atomic mass is 35.5. The van der Waals surface area contributed by atoms with Gasteiger partial charge in [0, 0.05) is 24.7 Å². The van der Waals surface area contributed by atoms with Gasteiger partial charge < -0.3 is 24.6 Å². The molecular formula is C18H24ClNO4. The van der Waals surface area contributed by atoms with Crippen molar-refractivity contribution in [2.75, 3.05) is 27.9 Å². The third-order valence-electron chi connectivity index (χ3n) is 3.62. The van der Waals surface area contributed by atoms with E-state index >= 15 is 0 Å². The lowest BCUT2D eigenvalue weighted by Crippen LogP contribution is -2.21. The monoisotopic (exact) mass is 353 g/mol. The van der Waals surface area contributed by atoms with Crippen molar-refractivity contribution < 1.29 is 19.3 Å². The van der Waals surface area contributed by atoms with Crippen LogP contribution in [0.5, 0.6) is 17.2 Å². The van der Waals surface area contributed by atoms with Crippen LogP contribution in [0.15, 0.2) is 42.5 Å². The summed E-state index contributed by atoms with van der Waals surface area (Å²) in [7, 11) is 4.80. The molecule has 5 nitrogen and oxygen atoms in total. The summed E-state index contributed by atoms with van der Waals surface area (Å²) >= 11 is 0. The van der Waals surface area contributed by atoms with Crippen molar-refractivity contribution in [3.63, 3.8) is 0 Å². The average Bonchev–Trinajstić information content (AvgIpc) is 2.61. The molecule has 0 saturated carbocycles. The Morgan fingerprint density at radius 3 is 2.08 bits per heavy atom. The molecule has 0 saturated heterocycles. The van der Waals surface area contributed by atoms with Gasteiger partial charge in [0.2, 0.25) is 0 Å². The Labute approximate surface area is 149 Å². The van der Waals surface area contributed by atoms with Gasteiger partial charge in [0.1, 0.15) is 5.75 Å². The maximum absolute atomic E-state index is 10.2. The van der Waals surface area contributed by atoms with Gasteiger partial charge in [-0.15, -0.1) is 12.4 Å².